The summed E-state index contributed by atoms with van der Waals surface area (Å²) in [6.07, 6.45) is 0. The zero-order chi connectivity index (χ0) is 10.7. The number of carbonyl (C=O) groups excluding carboxylic acids is 1. The van der Waals surface area contributed by atoms with Crippen LogP contribution in [0, 0.1) is 0 Å². The van der Waals surface area contributed by atoms with Gasteiger partial charge in [-0.1, -0.05) is 22.0 Å². The lowest BCUT2D eigenvalue weighted by Gasteiger charge is -2.11. The van der Waals surface area contributed by atoms with Gasteiger partial charge in [0.1, 0.15) is 5.38 Å². The van der Waals surface area contributed by atoms with E-state index in [1.165, 1.54) is 6.92 Å². The van der Waals surface area contributed by atoms with E-state index in [2.05, 4.69) is 15.9 Å². The molecule has 1 aromatic carbocycles. The summed E-state index contributed by atoms with van der Waals surface area (Å²) in [5.41, 5.74) is 1.35. The number of rotatable bonds is 3. The van der Waals surface area contributed by atoms with E-state index in [0.717, 1.165) is 4.47 Å². The average molecular weight is 278 g/mol. The highest BCUT2D eigenvalue weighted by Crippen LogP contribution is 2.27. The molecule has 0 saturated carbocycles. The van der Waals surface area contributed by atoms with Crippen molar-refractivity contribution in [3.63, 3.8) is 0 Å². The molecule has 2 nitrogen and oxygen atoms in total. The molecule has 0 bridgehead atoms. The number of alkyl halides is 1. The minimum absolute atomic E-state index is 0.120. The van der Waals surface area contributed by atoms with Crippen LogP contribution >= 0.6 is 27.5 Å². The van der Waals surface area contributed by atoms with E-state index in [0.29, 0.717) is 11.1 Å². The Morgan fingerprint density at radius 3 is 2.79 bits per heavy atom. The number of Topliss-reactive ketones (excluding diaryl/α,β-unsaturated/α-hetero) is 1. The molecule has 0 radical (unpaired) electrons. The summed E-state index contributed by atoms with van der Waals surface area (Å²) in [6.45, 7) is 1.31. The van der Waals surface area contributed by atoms with Crippen molar-refractivity contribution in [2.24, 2.45) is 0 Å². The minimum Gasteiger partial charge on any atom is -0.392 e. The van der Waals surface area contributed by atoms with Crippen LogP contribution in [0.3, 0.4) is 0 Å². The van der Waals surface area contributed by atoms with E-state index in [1.54, 1.807) is 18.2 Å². The number of aliphatic hydroxyl groups excluding tert-OH is 1. The third-order valence-corrected chi connectivity index (χ3v) is 2.94. The monoisotopic (exact) mass is 276 g/mol. The molecule has 0 aliphatic heterocycles. The highest BCUT2D eigenvalue weighted by Gasteiger charge is 2.16. The lowest BCUT2D eigenvalue weighted by atomic mass is 10.0. The predicted molar refractivity (Wildman–Crippen MR) is 59.3 cm³/mol. The Labute approximate surface area is 96.0 Å². The number of carbonyl (C=O) groups is 1. The molecular formula is C10H10BrClO2. The Kier molecular flexibility index (Phi) is 4.11. The van der Waals surface area contributed by atoms with Gasteiger partial charge in [0.25, 0.3) is 0 Å². The molecule has 14 heavy (non-hydrogen) atoms. The number of hydrogen-bond acceptors (Lipinski definition) is 2. The average Bonchev–Trinajstić information content (AvgIpc) is 2.16. The maximum atomic E-state index is 11.1. The molecule has 0 aliphatic rings. The van der Waals surface area contributed by atoms with Crippen LogP contribution in [0.25, 0.3) is 0 Å². The highest BCUT2D eigenvalue weighted by atomic mass is 79.9. The number of ketones is 1. The Balaban J connectivity index is 3.13. The van der Waals surface area contributed by atoms with Gasteiger partial charge < -0.3 is 5.11 Å². The minimum atomic E-state index is -0.676. The fourth-order valence-corrected chi connectivity index (χ4v) is 1.80. The Morgan fingerprint density at radius 2 is 2.29 bits per heavy atom. The van der Waals surface area contributed by atoms with Gasteiger partial charge in [0.15, 0.2) is 5.78 Å². The van der Waals surface area contributed by atoms with Gasteiger partial charge >= 0.3 is 0 Å². The van der Waals surface area contributed by atoms with Gasteiger partial charge in [-0.15, -0.1) is 11.6 Å². The number of hydrogen-bond donors (Lipinski definition) is 1. The molecule has 0 aromatic heterocycles. The van der Waals surface area contributed by atoms with Crippen LogP contribution in [-0.2, 0) is 11.4 Å². The second-order valence-electron chi connectivity index (χ2n) is 2.97. The van der Waals surface area contributed by atoms with E-state index >= 15 is 0 Å². The predicted octanol–water partition coefficient (Wildman–Crippen LogP) is 2.81. The van der Waals surface area contributed by atoms with Crippen molar-refractivity contribution in [2.75, 3.05) is 0 Å². The van der Waals surface area contributed by atoms with Crippen molar-refractivity contribution in [1.82, 2.24) is 0 Å². The van der Waals surface area contributed by atoms with E-state index in [4.69, 9.17) is 16.7 Å². The van der Waals surface area contributed by atoms with Gasteiger partial charge in [0, 0.05) is 4.47 Å². The molecule has 0 spiro atoms. The molecule has 0 amide bonds. The molecule has 0 aliphatic carbocycles. The summed E-state index contributed by atoms with van der Waals surface area (Å²) in [6, 6.07) is 5.30. The molecule has 0 saturated heterocycles. The van der Waals surface area contributed by atoms with Crippen molar-refractivity contribution in [3.8, 4) is 0 Å². The summed E-state index contributed by atoms with van der Waals surface area (Å²) in [4.78, 5) is 11.1. The van der Waals surface area contributed by atoms with Crippen molar-refractivity contribution in [1.29, 1.82) is 0 Å². The van der Waals surface area contributed by atoms with E-state index in [9.17, 15) is 4.79 Å². The van der Waals surface area contributed by atoms with Crippen molar-refractivity contribution < 1.29 is 9.90 Å². The van der Waals surface area contributed by atoms with Crippen molar-refractivity contribution in [2.45, 2.75) is 18.9 Å². The molecule has 0 fully saturated rings. The van der Waals surface area contributed by atoms with Crippen molar-refractivity contribution in [3.05, 3.63) is 33.8 Å². The normalized spacial score (nSPS) is 12.6. The van der Waals surface area contributed by atoms with Crippen LogP contribution in [0.4, 0.5) is 0 Å². The zero-order valence-electron chi connectivity index (χ0n) is 7.63. The fraction of sp³-hybridized carbons (Fsp3) is 0.300. The lowest BCUT2D eigenvalue weighted by Crippen LogP contribution is -2.05. The van der Waals surface area contributed by atoms with Crippen LogP contribution in [0.15, 0.2) is 22.7 Å². The largest absolute Gasteiger partial charge is 0.392 e. The molecule has 1 aromatic rings. The third-order valence-electron chi connectivity index (χ3n) is 1.91. The van der Waals surface area contributed by atoms with E-state index in [1.807, 2.05) is 0 Å². The van der Waals surface area contributed by atoms with Crippen LogP contribution < -0.4 is 0 Å². The lowest BCUT2D eigenvalue weighted by molar-refractivity contribution is -0.116. The van der Waals surface area contributed by atoms with Crippen LogP contribution in [0.5, 0.6) is 0 Å². The van der Waals surface area contributed by atoms with Gasteiger partial charge in [-0.3, -0.25) is 4.79 Å². The topological polar surface area (TPSA) is 37.3 Å². The molecule has 4 heteroatoms. The fourth-order valence-electron chi connectivity index (χ4n) is 1.18. The quantitative estimate of drug-likeness (QED) is 0.863. The first-order chi connectivity index (χ1) is 6.56. The Morgan fingerprint density at radius 1 is 1.64 bits per heavy atom. The van der Waals surface area contributed by atoms with Crippen LogP contribution in [0.2, 0.25) is 0 Å². The Hall–Kier alpha value is -0.380. The smallest absolute Gasteiger partial charge is 0.152 e. The molecule has 76 valence electrons. The van der Waals surface area contributed by atoms with E-state index in [-0.39, 0.29) is 12.4 Å². The molecule has 1 unspecified atom stereocenters. The highest BCUT2D eigenvalue weighted by molar-refractivity contribution is 9.10. The maximum absolute atomic E-state index is 11.1. The molecular weight excluding hydrogens is 267 g/mol. The molecule has 1 rings (SSSR count). The van der Waals surface area contributed by atoms with Crippen molar-refractivity contribution >= 4 is 33.3 Å². The SMILES string of the molecule is CC(=O)C(Cl)c1ccc(Br)cc1CO. The number of aliphatic hydroxyl groups is 1. The second kappa shape index (κ2) is 4.91. The second-order valence-corrected chi connectivity index (χ2v) is 4.33. The summed E-state index contributed by atoms with van der Waals surface area (Å²) in [5, 5.41) is 8.41. The summed E-state index contributed by atoms with van der Waals surface area (Å²) in [7, 11) is 0. The zero-order valence-corrected chi connectivity index (χ0v) is 9.97. The summed E-state index contributed by atoms with van der Waals surface area (Å²) >= 11 is 9.19. The van der Waals surface area contributed by atoms with Gasteiger partial charge in [-0.05, 0) is 30.2 Å². The molecule has 0 heterocycles. The van der Waals surface area contributed by atoms with E-state index < -0.39 is 5.38 Å². The first kappa shape index (κ1) is 11.7. The van der Waals surface area contributed by atoms with Gasteiger partial charge in [-0.2, -0.15) is 0 Å². The van der Waals surface area contributed by atoms with Gasteiger partial charge in [-0.25, -0.2) is 0 Å². The van der Waals surface area contributed by atoms with Gasteiger partial charge in [0.05, 0.1) is 6.61 Å². The number of halogens is 2. The maximum Gasteiger partial charge on any atom is 0.152 e. The molecule has 1 atom stereocenters. The summed E-state index contributed by atoms with van der Waals surface area (Å²) in [5.74, 6) is -0.122. The molecule has 1 N–H and O–H groups in total. The Bertz CT molecular complexity index is 352. The summed E-state index contributed by atoms with van der Waals surface area (Å²) < 4.78 is 0.859. The van der Waals surface area contributed by atoms with Crippen LogP contribution in [0.1, 0.15) is 23.4 Å². The first-order valence-electron chi connectivity index (χ1n) is 4.10. The first-order valence-corrected chi connectivity index (χ1v) is 5.33. The third kappa shape index (κ3) is 2.56. The van der Waals surface area contributed by atoms with Gasteiger partial charge in [0.2, 0.25) is 0 Å². The number of benzene rings is 1. The standard InChI is InChI=1S/C10H10BrClO2/c1-6(14)10(12)9-3-2-8(11)4-7(9)5-13/h2-4,10,13H,5H2,1H3. The van der Waals surface area contributed by atoms with Crippen LogP contribution in [-0.4, -0.2) is 10.9 Å².